The maximum atomic E-state index is 12.4. The van der Waals surface area contributed by atoms with Gasteiger partial charge in [0.1, 0.15) is 0 Å². The molecule has 1 heterocycles. The molecule has 2 heteroatoms. The third-order valence-electron chi connectivity index (χ3n) is 4.16. The van der Waals surface area contributed by atoms with E-state index in [4.69, 9.17) is 6.42 Å². The van der Waals surface area contributed by atoms with Gasteiger partial charge in [-0.2, -0.15) is 0 Å². The Morgan fingerprint density at radius 1 is 1.19 bits per heavy atom. The summed E-state index contributed by atoms with van der Waals surface area (Å²) < 4.78 is 0. The van der Waals surface area contributed by atoms with Gasteiger partial charge in [0.05, 0.1) is 5.54 Å². The highest BCUT2D eigenvalue weighted by atomic mass is 16.1. The van der Waals surface area contributed by atoms with Crippen molar-refractivity contribution >= 4 is 5.78 Å². The van der Waals surface area contributed by atoms with Crippen LogP contribution in [0, 0.1) is 12.3 Å². The summed E-state index contributed by atoms with van der Waals surface area (Å²) in [5, 5.41) is 0. The van der Waals surface area contributed by atoms with Gasteiger partial charge in [-0.3, -0.25) is 9.69 Å². The van der Waals surface area contributed by atoms with Crippen LogP contribution in [0.2, 0.25) is 0 Å². The van der Waals surface area contributed by atoms with Crippen LogP contribution in [0.15, 0.2) is 0 Å². The minimum Gasteiger partial charge on any atom is -0.298 e. The van der Waals surface area contributed by atoms with Crippen LogP contribution in [0.4, 0.5) is 0 Å². The first-order valence-corrected chi connectivity index (χ1v) is 6.51. The van der Waals surface area contributed by atoms with Crippen LogP contribution in [-0.2, 0) is 4.79 Å². The second-order valence-electron chi connectivity index (χ2n) is 5.06. The van der Waals surface area contributed by atoms with Gasteiger partial charge in [-0.25, -0.2) is 0 Å². The van der Waals surface area contributed by atoms with E-state index in [2.05, 4.69) is 10.8 Å². The van der Waals surface area contributed by atoms with Crippen molar-refractivity contribution in [1.82, 2.24) is 4.90 Å². The SMILES string of the molecule is C#CCCC(=O)C1(N2CCCC2)CCCC1. The highest BCUT2D eigenvalue weighted by Crippen LogP contribution is 2.39. The first kappa shape index (κ1) is 11.7. The fourth-order valence-electron chi connectivity index (χ4n) is 3.29. The van der Waals surface area contributed by atoms with Crippen LogP contribution in [0.3, 0.4) is 0 Å². The van der Waals surface area contributed by atoms with E-state index < -0.39 is 0 Å². The van der Waals surface area contributed by atoms with Crippen molar-refractivity contribution in [3.63, 3.8) is 0 Å². The molecule has 0 amide bonds. The predicted molar refractivity (Wildman–Crippen MR) is 65.1 cm³/mol. The van der Waals surface area contributed by atoms with Gasteiger partial charge in [-0.1, -0.05) is 12.8 Å². The van der Waals surface area contributed by atoms with Gasteiger partial charge >= 0.3 is 0 Å². The van der Waals surface area contributed by atoms with E-state index in [1.54, 1.807) is 0 Å². The Balaban J connectivity index is 2.08. The van der Waals surface area contributed by atoms with E-state index in [9.17, 15) is 4.79 Å². The molecular formula is C14H21NO. The summed E-state index contributed by atoms with van der Waals surface area (Å²) in [4.78, 5) is 14.8. The number of rotatable bonds is 4. The largest absolute Gasteiger partial charge is 0.298 e. The third-order valence-corrected chi connectivity index (χ3v) is 4.16. The van der Waals surface area contributed by atoms with Crippen molar-refractivity contribution < 1.29 is 4.79 Å². The van der Waals surface area contributed by atoms with Gasteiger partial charge in [0, 0.05) is 12.8 Å². The molecule has 2 fully saturated rings. The second kappa shape index (κ2) is 5.01. The molecular weight excluding hydrogens is 198 g/mol. The van der Waals surface area contributed by atoms with Gasteiger partial charge < -0.3 is 0 Å². The third kappa shape index (κ3) is 2.01. The molecule has 0 unspecified atom stereocenters. The number of likely N-dealkylation sites (tertiary alicyclic amines) is 1. The first-order chi connectivity index (χ1) is 7.79. The quantitative estimate of drug-likeness (QED) is 0.677. The summed E-state index contributed by atoms with van der Waals surface area (Å²) in [5.74, 6) is 3.00. The van der Waals surface area contributed by atoms with Gasteiger partial charge in [-0.05, 0) is 38.8 Å². The van der Waals surface area contributed by atoms with E-state index >= 15 is 0 Å². The molecule has 0 aromatic carbocycles. The number of hydrogen-bond donors (Lipinski definition) is 0. The maximum Gasteiger partial charge on any atom is 0.154 e. The molecule has 88 valence electrons. The smallest absolute Gasteiger partial charge is 0.154 e. The zero-order valence-electron chi connectivity index (χ0n) is 10.0. The van der Waals surface area contributed by atoms with E-state index in [0.29, 0.717) is 18.6 Å². The standard InChI is InChI=1S/C14H21NO/c1-2-3-8-13(16)14(9-4-5-10-14)15-11-6-7-12-15/h1H,3-12H2. The number of carbonyl (C=O) groups excluding carboxylic acids is 1. The Morgan fingerprint density at radius 2 is 1.81 bits per heavy atom. The molecule has 1 saturated carbocycles. The summed E-state index contributed by atoms with van der Waals surface area (Å²) in [7, 11) is 0. The number of hydrogen-bond acceptors (Lipinski definition) is 2. The minimum absolute atomic E-state index is 0.118. The van der Waals surface area contributed by atoms with Crippen LogP contribution in [0.1, 0.15) is 51.4 Å². The molecule has 0 spiro atoms. The Kier molecular flexibility index (Phi) is 3.66. The van der Waals surface area contributed by atoms with Gasteiger partial charge in [0.15, 0.2) is 5.78 Å². The summed E-state index contributed by atoms with van der Waals surface area (Å²) in [6.07, 6.45) is 13.5. The van der Waals surface area contributed by atoms with Crippen molar-refractivity contribution in [2.75, 3.05) is 13.1 Å². The number of carbonyl (C=O) groups is 1. The summed E-state index contributed by atoms with van der Waals surface area (Å²) in [6.45, 7) is 2.23. The maximum absolute atomic E-state index is 12.4. The minimum atomic E-state index is -0.118. The fourth-order valence-corrected chi connectivity index (χ4v) is 3.29. The van der Waals surface area contributed by atoms with Crippen molar-refractivity contribution in [2.45, 2.75) is 56.9 Å². The molecule has 1 saturated heterocycles. The molecule has 16 heavy (non-hydrogen) atoms. The highest BCUT2D eigenvalue weighted by molar-refractivity contribution is 5.89. The molecule has 2 rings (SSSR count). The molecule has 2 aliphatic rings. The average Bonchev–Trinajstić information content (AvgIpc) is 2.95. The number of nitrogens with zero attached hydrogens (tertiary/aromatic N) is 1. The summed E-state index contributed by atoms with van der Waals surface area (Å²) >= 11 is 0. The zero-order valence-corrected chi connectivity index (χ0v) is 10.0. The normalized spacial score (nSPS) is 24.4. The lowest BCUT2D eigenvalue weighted by atomic mass is 9.87. The molecule has 0 atom stereocenters. The predicted octanol–water partition coefficient (Wildman–Crippen LogP) is 2.38. The number of Topliss-reactive ketones (excluding diaryl/α,β-unsaturated/α-hetero) is 1. The van der Waals surface area contributed by atoms with Gasteiger partial charge in [-0.15, -0.1) is 12.3 Å². The van der Waals surface area contributed by atoms with Crippen molar-refractivity contribution in [1.29, 1.82) is 0 Å². The monoisotopic (exact) mass is 219 g/mol. The Hall–Kier alpha value is -0.810. The molecule has 1 aliphatic heterocycles. The van der Waals surface area contributed by atoms with Gasteiger partial charge in [0.25, 0.3) is 0 Å². The van der Waals surface area contributed by atoms with Crippen molar-refractivity contribution in [2.24, 2.45) is 0 Å². The second-order valence-corrected chi connectivity index (χ2v) is 5.06. The highest BCUT2D eigenvalue weighted by Gasteiger charge is 2.45. The van der Waals surface area contributed by atoms with Crippen LogP contribution >= 0.6 is 0 Å². The Morgan fingerprint density at radius 3 is 2.38 bits per heavy atom. The molecule has 1 aliphatic carbocycles. The van der Waals surface area contributed by atoms with E-state index in [1.807, 2.05) is 0 Å². The molecule has 0 aromatic rings. The fraction of sp³-hybridized carbons (Fsp3) is 0.786. The zero-order chi connectivity index (χ0) is 11.4. The number of ketones is 1. The molecule has 0 aromatic heterocycles. The summed E-state index contributed by atoms with van der Waals surface area (Å²) in [6, 6.07) is 0. The topological polar surface area (TPSA) is 20.3 Å². The number of terminal acetylenes is 1. The van der Waals surface area contributed by atoms with Crippen LogP contribution in [0.25, 0.3) is 0 Å². The molecule has 2 nitrogen and oxygen atoms in total. The van der Waals surface area contributed by atoms with Crippen molar-refractivity contribution in [3.8, 4) is 12.3 Å². The lowest BCUT2D eigenvalue weighted by molar-refractivity contribution is -0.130. The molecule has 0 bridgehead atoms. The van der Waals surface area contributed by atoms with Crippen LogP contribution in [-0.4, -0.2) is 29.3 Å². The van der Waals surface area contributed by atoms with E-state index in [-0.39, 0.29) is 5.54 Å². The average molecular weight is 219 g/mol. The van der Waals surface area contributed by atoms with Crippen molar-refractivity contribution in [3.05, 3.63) is 0 Å². The first-order valence-electron chi connectivity index (χ1n) is 6.51. The Labute approximate surface area is 98.4 Å². The Bertz CT molecular complexity index is 290. The van der Waals surface area contributed by atoms with E-state index in [0.717, 1.165) is 25.9 Å². The van der Waals surface area contributed by atoms with Gasteiger partial charge in [0.2, 0.25) is 0 Å². The summed E-state index contributed by atoms with van der Waals surface area (Å²) in [5.41, 5.74) is -0.118. The molecule has 0 N–H and O–H groups in total. The lowest BCUT2D eigenvalue weighted by Crippen LogP contribution is -2.51. The molecule has 0 radical (unpaired) electrons. The van der Waals surface area contributed by atoms with Crippen LogP contribution in [0.5, 0.6) is 0 Å². The van der Waals surface area contributed by atoms with E-state index in [1.165, 1.54) is 25.7 Å². The lowest BCUT2D eigenvalue weighted by Gasteiger charge is -2.37. The van der Waals surface area contributed by atoms with Crippen LogP contribution < -0.4 is 0 Å².